The van der Waals surface area contributed by atoms with Crippen LogP contribution in [-0.4, -0.2) is 66.8 Å². The number of hydrogen-bond acceptors (Lipinski definition) is 7. The molecule has 0 N–H and O–H groups in total. The first-order chi connectivity index (χ1) is 15.6. The van der Waals surface area contributed by atoms with Crippen LogP contribution in [0.5, 0.6) is 0 Å². The molecule has 0 aromatic rings. The van der Waals surface area contributed by atoms with Crippen LogP contribution in [0.3, 0.4) is 0 Å². The summed E-state index contributed by atoms with van der Waals surface area (Å²) in [7, 11) is -3.07. The van der Waals surface area contributed by atoms with E-state index in [9.17, 15) is 5.26 Å². The standard InChI is InChI=1S/C24H43NO6Si/c1-4-8-19-13-26-22(19)16-29-32(12-7-11-25,30-17-23-20(9-5-2)14-27-23)31-18-24-21(10-6-3)15-28-24/h19-24H,4-10,12-18H2,1-3H3. The van der Waals surface area contributed by atoms with E-state index in [0.29, 0.717) is 50.0 Å². The van der Waals surface area contributed by atoms with Crippen molar-refractivity contribution in [2.24, 2.45) is 17.8 Å². The van der Waals surface area contributed by atoms with Gasteiger partial charge in [0.15, 0.2) is 0 Å². The molecule has 0 aromatic carbocycles. The second kappa shape index (κ2) is 13.4. The second-order valence-electron chi connectivity index (χ2n) is 9.54. The van der Waals surface area contributed by atoms with Crippen molar-refractivity contribution in [1.82, 2.24) is 0 Å². The lowest BCUT2D eigenvalue weighted by molar-refractivity contribution is -0.165. The normalized spacial score (nSPS) is 33.4. The van der Waals surface area contributed by atoms with Gasteiger partial charge in [0.1, 0.15) is 0 Å². The molecule has 0 radical (unpaired) electrons. The summed E-state index contributed by atoms with van der Waals surface area (Å²) < 4.78 is 36.7. The van der Waals surface area contributed by atoms with Gasteiger partial charge in [-0.2, -0.15) is 5.26 Å². The third kappa shape index (κ3) is 6.99. The monoisotopic (exact) mass is 469 g/mol. The number of rotatable bonds is 17. The Balaban J connectivity index is 1.61. The van der Waals surface area contributed by atoms with E-state index in [4.69, 9.17) is 27.5 Å². The van der Waals surface area contributed by atoms with Crippen molar-refractivity contribution >= 4 is 8.80 Å². The smallest absolute Gasteiger partial charge is 0.375 e. The number of hydrogen-bond donors (Lipinski definition) is 0. The Morgan fingerprint density at radius 2 is 1.09 bits per heavy atom. The molecule has 3 aliphatic heterocycles. The Morgan fingerprint density at radius 3 is 1.34 bits per heavy atom. The zero-order chi connectivity index (χ0) is 22.8. The molecule has 6 unspecified atom stereocenters. The van der Waals surface area contributed by atoms with Crippen LogP contribution in [0.15, 0.2) is 0 Å². The maximum atomic E-state index is 9.30. The molecule has 0 bridgehead atoms. The lowest BCUT2D eigenvalue weighted by Crippen LogP contribution is -2.55. The Kier molecular flexibility index (Phi) is 10.9. The Morgan fingerprint density at radius 1 is 0.719 bits per heavy atom. The van der Waals surface area contributed by atoms with Gasteiger partial charge in [-0.1, -0.05) is 40.0 Å². The number of nitrogens with zero attached hydrogens (tertiary/aromatic N) is 1. The van der Waals surface area contributed by atoms with Crippen LogP contribution in [0.2, 0.25) is 6.04 Å². The molecule has 3 aliphatic rings. The summed E-state index contributed by atoms with van der Waals surface area (Å²) in [5.41, 5.74) is 0. The Bertz CT molecular complexity index is 523. The molecule has 0 aromatic heterocycles. The van der Waals surface area contributed by atoms with Crippen molar-refractivity contribution in [3.63, 3.8) is 0 Å². The van der Waals surface area contributed by atoms with Crippen molar-refractivity contribution in [3.8, 4) is 6.07 Å². The molecule has 3 fully saturated rings. The molecule has 3 rings (SSSR count). The van der Waals surface area contributed by atoms with Gasteiger partial charge < -0.3 is 27.5 Å². The average Bonchev–Trinajstić information content (AvgIpc) is 2.75. The fraction of sp³-hybridized carbons (Fsp3) is 0.958. The zero-order valence-electron chi connectivity index (χ0n) is 20.3. The van der Waals surface area contributed by atoms with Crippen LogP contribution in [-0.2, 0) is 27.5 Å². The summed E-state index contributed by atoms with van der Waals surface area (Å²) in [4.78, 5) is 0. The first-order valence-electron chi connectivity index (χ1n) is 12.8. The first kappa shape index (κ1) is 26.1. The van der Waals surface area contributed by atoms with Crippen LogP contribution < -0.4 is 0 Å². The highest BCUT2D eigenvalue weighted by atomic mass is 28.4. The molecule has 8 heteroatoms. The number of ether oxygens (including phenoxy) is 3. The lowest BCUT2D eigenvalue weighted by atomic mass is 9.94. The maximum Gasteiger partial charge on any atom is 0.502 e. The van der Waals surface area contributed by atoms with Gasteiger partial charge in [-0.05, 0) is 19.3 Å². The maximum absolute atomic E-state index is 9.30. The van der Waals surface area contributed by atoms with Crippen molar-refractivity contribution < 1.29 is 27.5 Å². The van der Waals surface area contributed by atoms with Crippen molar-refractivity contribution in [2.45, 2.75) is 90.1 Å². The third-order valence-electron chi connectivity index (χ3n) is 7.07. The highest BCUT2D eigenvalue weighted by Crippen LogP contribution is 2.32. The van der Waals surface area contributed by atoms with E-state index in [1.807, 2.05) is 0 Å². The van der Waals surface area contributed by atoms with Crippen LogP contribution >= 0.6 is 0 Å². The van der Waals surface area contributed by atoms with Crippen molar-refractivity contribution in [1.29, 1.82) is 5.26 Å². The van der Waals surface area contributed by atoms with Gasteiger partial charge in [0.2, 0.25) is 0 Å². The largest absolute Gasteiger partial charge is 0.502 e. The van der Waals surface area contributed by atoms with E-state index < -0.39 is 8.80 Å². The SMILES string of the molecule is CCCC1COC1CO[Si](CCC#N)(OCC1OCC1CCC)OCC1OCC1CCC. The Labute approximate surface area is 195 Å². The van der Waals surface area contributed by atoms with Gasteiger partial charge >= 0.3 is 8.80 Å². The molecule has 7 nitrogen and oxygen atoms in total. The quantitative estimate of drug-likeness (QED) is 0.293. The van der Waals surface area contributed by atoms with E-state index in [1.165, 1.54) is 0 Å². The van der Waals surface area contributed by atoms with Crippen molar-refractivity contribution in [3.05, 3.63) is 0 Å². The van der Waals surface area contributed by atoms with Gasteiger partial charge in [0, 0.05) is 30.2 Å². The van der Waals surface area contributed by atoms with Gasteiger partial charge in [0.05, 0.1) is 64.0 Å². The van der Waals surface area contributed by atoms with E-state index in [2.05, 4.69) is 26.8 Å². The highest BCUT2D eigenvalue weighted by molar-refractivity contribution is 6.60. The van der Waals surface area contributed by atoms with E-state index in [-0.39, 0.29) is 18.3 Å². The van der Waals surface area contributed by atoms with Gasteiger partial charge in [-0.25, -0.2) is 0 Å². The lowest BCUT2D eigenvalue weighted by Gasteiger charge is -2.42. The molecule has 0 saturated carbocycles. The fourth-order valence-corrected chi connectivity index (χ4v) is 7.11. The molecule has 0 amide bonds. The minimum atomic E-state index is -3.07. The summed E-state index contributed by atoms with van der Waals surface area (Å²) >= 11 is 0. The molecule has 6 atom stereocenters. The summed E-state index contributed by atoms with van der Waals surface area (Å²) in [6.45, 7) is 10.4. The molecule has 184 valence electrons. The molecular weight excluding hydrogens is 426 g/mol. The summed E-state index contributed by atoms with van der Waals surface area (Å²) in [6.07, 6.45) is 7.50. The highest BCUT2D eigenvalue weighted by Gasteiger charge is 2.47. The van der Waals surface area contributed by atoms with Crippen LogP contribution in [0.4, 0.5) is 0 Å². The topological polar surface area (TPSA) is 79.2 Å². The van der Waals surface area contributed by atoms with Gasteiger partial charge in [-0.3, -0.25) is 0 Å². The number of nitriles is 1. The van der Waals surface area contributed by atoms with E-state index in [1.54, 1.807) is 0 Å². The van der Waals surface area contributed by atoms with Crippen LogP contribution in [0, 0.1) is 29.1 Å². The van der Waals surface area contributed by atoms with E-state index >= 15 is 0 Å². The van der Waals surface area contributed by atoms with Gasteiger partial charge in [0.25, 0.3) is 0 Å². The minimum Gasteiger partial charge on any atom is -0.375 e. The fourth-order valence-electron chi connectivity index (χ4n) is 4.76. The minimum absolute atomic E-state index is 0.0942. The first-order valence-corrected chi connectivity index (χ1v) is 14.7. The molecule has 0 spiro atoms. The molecule has 3 saturated heterocycles. The van der Waals surface area contributed by atoms with Crippen LogP contribution in [0.1, 0.15) is 65.7 Å². The predicted octanol–water partition coefficient (Wildman–Crippen LogP) is 4.33. The third-order valence-corrected chi connectivity index (χ3v) is 9.76. The molecule has 3 heterocycles. The predicted molar refractivity (Wildman–Crippen MR) is 123 cm³/mol. The van der Waals surface area contributed by atoms with Crippen LogP contribution in [0.25, 0.3) is 0 Å². The van der Waals surface area contributed by atoms with E-state index in [0.717, 1.165) is 58.3 Å². The zero-order valence-corrected chi connectivity index (χ0v) is 21.3. The molecular formula is C24H43NO6Si. The molecule has 0 aliphatic carbocycles. The second-order valence-corrected chi connectivity index (χ2v) is 12.3. The van der Waals surface area contributed by atoms with Gasteiger partial charge in [-0.15, -0.1) is 0 Å². The molecule has 32 heavy (non-hydrogen) atoms. The summed E-state index contributed by atoms with van der Waals surface area (Å²) in [5.74, 6) is 1.61. The van der Waals surface area contributed by atoms with Crippen molar-refractivity contribution in [2.75, 3.05) is 39.6 Å². The summed E-state index contributed by atoms with van der Waals surface area (Å²) in [6, 6.07) is 2.75. The summed E-state index contributed by atoms with van der Waals surface area (Å²) in [5, 5.41) is 9.30. The Hall–Kier alpha value is -0.533. The average molecular weight is 470 g/mol.